The predicted molar refractivity (Wildman–Crippen MR) is 52.2 cm³/mol. The Hall–Kier alpha value is -0.0400. The molecule has 0 amide bonds. The third-order valence-electron chi connectivity index (χ3n) is 3.98. The van der Waals surface area contributed by atoms with Crippen LogP contribution in [0.4, 0.5) is 0 Å². The van der Waals surface area contributed by atoms with Crippen LogP contribution in [0.25, 0.3) is 0 Å². The zero-order valence-corrected chi connectivity index (χ0v) is 8.64. The lowest BCUT2D eigenvalue weighted by Crippen LogP contribution is -2.32. The molecule has 1 spiro atoms. The summed E-state index contributed by atoms with van der Waals surface area (Å²) < 4.78 is 0. The second-order valence-corrected chi connectivity index (χ2v) is 5.28. The first-order chi connectivity index (χ1) is 5.63. The van der Waals surface area contributed by atoms with Crippen LogP contribution in [0, 0.1) is 11.3 Å². The molecule has 2 rings (SSSR count). The van der Waals surface area contributed by atoms with Crippen LogP contribution in [0.1, 0.15) is 39.5 Å². The molecule has 1 saturated carbocycles. The van der Waals surface area contributed by atoms with E-state index in [-0.39, 0.29) is 0 Å². The molecule has 1 atom stereocenters. The lowest BCUT2D eigenvalue weighted by Gasteiger charge is -2.38. The molecular formula is C11H21N. The van der Waals surface area contributed by atoms with Gasteiger partial charge in [-0.25, -0.2) is 0 Å². The van der Waals surface area contributed by atoms with Crippen molar-refractivity contribution in [2.24, 2.45) is 11.3 Å². The third-order valence-corrected chi connectivity index (χ3v) is 3.98. The molecule has 0 radical (unpaired) electrons. The van der Waals surface area contributed by atoms with Crippen molar-refractivity contribution in [1.82, 2.24) is 4.90 Å². The smallest absolute Gasteiger partial charge is 0.0121 e. The summed E-state index contributed by atoms with van der Waals surface area (Å²) in [5.74, 6) is 0.843. The van der Waals surface area contributed by atoms with Gasteiger partial charge in [0.05, 0.1) is 0 Å². The minimum absolute atomic E-state index is 0.768. The molecule has 70 valence electrons. The highest BCUT2D eigenvalue weighted by atomic mass is 15.2. The minimum Gasteiger partial charge on any atom is -0.303 e. The Balaban J connectivity index is 2.02. The van der Waals surface area contributed by atoms with Gasteiger partial charge in [-0.05, 0) is 37.6 Å². The van der Waals surface area contributed by atoms with E-state index in [9.17, 15) is 0 Å². The van der Waals surface area contributed by atoms with E-state index in [1.165, 1.54) is 32.2 Å². The fourth-order valence-electron chi connectivity index (χ4n) is 3.09. The van der Waals surface area contributed by atoms with Crippen LogP contribution >= 0.6 is 0 Å². The highest BCUT2D eigenvalue weighted by molar-refractivity contribution is 5.00. The van der Waals surface area contributed by atoms with Gasteiger partial charge in [0.1, 0.15) is 0 Å². The zero-order valence-electron chi connectivity index (χ0n) is 8.64. The lowest BCUT2D eigenvalue weighted by atomic mass is 9.67. The number of rotatable bonds is 1. The van der Waals surface area contributed by atoms with Crippen molar-refractivity contribution in [3.8, 4) is 0 Å². The molecule has 0 aromatic heterocycles. The molecule has 1 heterocycles. The van der Waals surface area contributed by atoms with E-state index in [1.54, 1.807) is 0 Å². The van der Waals surface area contributed by atoms with Gasteiger partial charge < -0.3 is 4.90 Å². The topological polar surface area (TPSA) is 3.24 Å². The largest absolute Gasteiger partial charge is 0.303 e. The molecule has 0 bridgehead atoms. The highest BCUT2D eigenvalue weighted by Gasteiger charge is 2.46. The van der Waals surface area contributed by atoms with Crippen LogP contribution in [0.2, 0.25) is 0 Å². The lowest BCUT2D eigenvalue weighted by molar-refractivity contribution is 0.145. The van der Waals surface area contributed by atoms with Crippen molar-refractivity contribution in [3.63, 3.8) is 0 Å². The van der Waals surface area contributed by atoms with Gasteiger partial charge in [0.2, 0.25) is 0 Å². The summed E-state index contributed by atoms with van der Waals surface area (Å²) in [5, 5.41) is 0. The standard InChI is InChI=1S/C11H21N/c1-9(2)10-7-11(5-4-6-11)8-12(10)3/h9-10H,4-8H2,1-3H3/t10-/m1/s1. The van der Waals surface area contributed by atoms with E-state index in [0.717, 1.165) is 17.4 Å². The Morgan fingerprint density at radius 3 is 2.25 bits per heavy atom. The van der Waals surface area contributed by atoms with Gasteiger partial charge in [-0.15, -0.1) is 0 Å². The summed E-state index contributed by atoms with van der Waals surface area (Å²) in [5.41, 5.74) is 0.768. The fourth-order valence-corrected chi connectivity index (χ4v) is 3.09. The molecule has 0 aromatic carbocycles. The number of hydrogen-bond acceptors (Lipinski definition) is 1. The van der Waals surface area contributed by atoms with Gasteiger partial charge in [-0.1, -0.05) is 20.3 Å². The van der Waals surface area contributed by atoms with Crippen LogP contribution in [0.15, 0.2) is 0 Å². The summed E-state index contributed by atoms with van der Waals surface area (Å²) >= 11 is 0. The Labute approximate surface area is 76.1 Å². The molecule has 1 heteroatoms. The molecular weight excluding hydrogens is 146 g/mol. The van der Waals surface area contributed by atoms with Crippen LogP contribution < -0.4 is 0 Å². The van der Waals surface area contributed by atoms with E-state index in [4.69, 9.17) is 0 Å². The summed E-state index contributed by atoms with van der Waals surface area (Å²) in [4.78, 5) is 2.59. The van der Waals surface area contributed by atoms with E-state index < -0.39 is 0 Å². The van der Waals surface area contributed by atoms with Gasteiger partial charge in [0.25, 0.3) is 0 Å². The third kappa shape index (κ3) is 1.19. The van der Waals surface area contributed by atoms with Gasteiger partial charge in [-0.2, -0.15) is 0 Å². The second kappa shape index (κ2) is 2.73. The molecule has 1 aliphatic carbocycles. The van der Waals surface area contributed by atoms with Gasteiger partial charge in [-0.3, -0.25) is 0 Å². The van der Waals surface area contributed by atoms with Crippen LogP contribution in [-0.4, -0.2) is 24.5 Å². The molecule has 0 N–H and O–H groups in total. The van der Waals surface area contributed by atoms with Crippen LogP contribution in [-0.2, 0) is 0 Å². The van der Waals surface area contributed by atoms with Crippen molar-refractivity contribution >= 4 is 0 Å². The molecule has 1 nitrogen and oxygen atoms in total. The van der Waals surface area contributed by atoms with E-state index in [0.29, 0.717) is 0 Å². The first-order valence-electron chi connectivity index (χ1n) is 5.33. The monoisotopic (exact) mass is 167 g/mol. The Morgan fingerprint density at radius 2 is 2.00 bits per heavy atom. The molecule has 0 aromatic rings. The maximum Gasteiger partial charge on any atom is 0.0121 e. The van der Waals surface area contributed by atoms with Crippen molar-refractivity contribution in [1.29, 1.82) is 0 Å². The van der Waals surface area contributed by atoms with Crippen LogP contribution in [0.5, 0.6) is 0 Å². The Morgan fingerprint density at radius 1 is 1.33 bits per heavy atom. The SMILES string of the molecule is CC(C)[C@H]1CC2(CCC2)CN1C. The minimum atomic E-state index is 0.768. The first kappa shape index (κ1) is 8.55. The quantitative estimate of drug-likeness (QED) is 0.580. The number of hydrogen-bond donors (Lipinski definition) is 0. The molecule has 2 fully saturated rings. The normalized spacial score (nSPS) is 34.5. The van der Waals surface area contributed by atoms with E-state index in [1.807, 2.05) is 0 Å². The molecule has 1 aliphatic heterocycles. The first-order valence-corrected chi connectivity index (χ1v) is 5.33. The number of likely N-dealkylation sites (tertiary alicyclic amines) is 1. The van der Waals surface area contributed by atoms with E-state index in [2.05, 4.69) is 25.8 Å². The molecule has 2 aliphatic rings. The van der Waals surface area contributed by atoms with Crippen LogP contribution in [0.3, 0.4) is 0 Å². The van der Waals surface area contributed by atoms with Crippen molar-refractivity contribution in [2.45, 2.75) is 45.6 Å². The molecule has 0 unspecified atom stereocenters. The maximum atomic E-state index is 2.59. The van der Waals surface area contributed by atoms with E-state index >= 15 is 0 Å². The summed E-state index contributed by atoms with van der Waals surface area (Å²) in [6, 6.07) is 0.866. The summed E-state index contributed by atoms with van der Waals surface area (Å²) in [6.45, 7) is 6.09. The molecule has 12 heavy (non-hydrogen) atoms. The van der Waals surface area contributed by atoms with Gasteiger partial charge >= 0.3 is 0 Å². The zero-order chi connectivity index (χ0) is 8.77. The number of nitrogens with zero attached hydrogens (tertiary/aromatic N) is 1. The van der Waals surface area contributed by atoms with Crippen molar-refractivity contribution in [3.05, 3.63) is 0 Å². The average Bonchev–Trinajstić information content (AvgIpc) is 2.26. The summed E-state index contributed by atoms with van der Waals surface area (Å²) in [6.07, 6.45) is 5.96. The maximum absolute atomic E-state index is 2.59. The van der Waals surface area contributed by atoms with Crippen molar-refractivity contribution < 1.29 is 0 Å². The Bertz CT molecular complexity index is 170. The predicted octanol–water partition coefficient (Wildman–Crippen LogP) is 2.52. The van der Waals surface area contributed by atoms with Crippen molar-refractivity contribution in [2.75, 3.05) is 13.6 Å². The summed E-state index contributed by atoms with van der Waals surface area (Å²) in [7, 11) is 2.30. The average molecular weight is 167 g/mol. The second-order valence-electron chi connectivity index (χ2n) is 5.28. The van der Waals surface area contributed by atoms with Gasteiger partial charge in [0, 0.05) is 12.6 Å². The highest BCUT2D eigenvalue weighted by Crippen LogP contribution is 2.50. The molecule has 1 saturated heterocycles. The Kier molecular flexibility index (Phi) is 1.95. The van der Waals surface area contributed by atoms with Gasteiger partial charge in [0.15, 0.2) is 0 Å². The fraction of sp³-hybridized carbons (Fsp3) is 1.00.